The quantitative estimate of drug-likeness (QED) is 0.470. The van der Waals surface area contributed by atoms with Gasteiger partial charge in [-0.25, -0.2) is 8.51 Å². The molecule has 2 unspecified atom stereocenters. The van der Waals surface area contributed by atoms with Gasteiger partial charge in [0.25, 0.3) is 0 Å². The molecule has 0 spiro atoms. The number of benzene rings is 1. The predicted molar refractivity (Wildman–Crippen MR) is 106 cm³/mol. The van der Waals surface area contributed by atoms with Gasteiger partial charge in [-0.2, -0.15) is 0 Å². The van der Waals surface area contributed by atoms with Gasteiger partial charge in [0.05, 0.1) is 4.75 Å². The molecule has 0 amide bonds. The Morgan fingerprint density at radius 2 is 2.00 bits per heavy atom. The third-order valence-electron chi connectivity index (χ3n) is 3.35. The smallest absolute Gasteiger partial charge is 0.101 e. The lowest BCUT2D eigenvalue weighted by atomic mass is 10.0. The summed E-state index contributed by atoms with van der Waals surface area (Å²) >= 11 is 9.80. The molecule has 0 aromatic heterocycles. The van der Waals surface area contributed by atoms with Crippen LogP contribution < -0.4 is 0 Å². The second-order valence-electron chi connectivity index (χ2n) is 6.30. The zero-order chi connectivity index (χ0) is 17.6. The molecular weight excluding hydrogens is 394 g/mol. The van der Waals surface area contributed by atoms with Crippen LogP contribution in [0.4, 0.5) is 0 Å². The first kappa shape index (κ1) is 20.6. The van der Waals surface area contributed by atoms with Crippen LogP contribution in [0.5, 0.6) is 0 Å². The molecule has 5 heteroatoms. The van der Waals surface area contributed by atoms with Crippen molar-refractivity contribution < 1.29 is 4.21 Å². The maximum atomic E-state index is 13.0. The lowest BCUT2D eigenvalue weighted by molar-refractivity contribution is 0.346. The SMILES string of the molecule is C=CCCC(c1cc(Cl)ccc1Br)N(CC=C)S(=O)C(C)(C)C. The first-order chi connectivity index (χ1) is 10.7. The number of nitrogens with zero attached hydrogens (tertiary/aromatic N) is 1. The van der Waals surface area contributed by atoms with Crippen molar-refractivity contribution in [2.75, 3.05) is 6.54 Å². The summed E-state index contributed by atoms with van der Waals surface area (Å²) in [5.41, 5.74) is 1.04. The summed E-state index contributed by atoms with van der Waals surface area (Å²) in [5, 5.41) is 0.673. The van der Waals surface area contributed by atoms with Crippen molar-refractivity contribution in [3.8, 4) is 0 Å². The molecule has 128 valence electrons. The van der Waals surface area contributed by atoms with Crippen LogP contribution >= 0.6 is 27.5 Å². The Kier molecular flexibility index (Phi) is 8.22. The molecule has 1 aromatic rings. The van der Waals surface area contributed by atoms with Gasteiger partial charge in [0.2, 0.25) is 0 Å². The Morgan fingerprint density at radius 1 is 1.35 bits per heavy atom. The van der Waals surface area contributed by atoms with E-state index in [0.29, 0.717) is 11.6 Å². The highest BCUT2D eigenvalue weighted by Crippen LogP contribution is 2.36. The van der Waals surface area contributed by atoms with Crippen LogP contribution in [-0.4, -0.2) is 19.8 Å². The largest absolute Gasteiger partial charge is 0.242 e. The molecule has 0 fully saturated rings. The third kappa shape index (κ3) is 5.86. The number of hydrogen-bond donors (Lipinski definition) is 0. The number of hydrogen-bond acceptors (Lipinski definition) is 1. The summed E-state index contributed by atoms with van der Waals surface area (Å²) in [7, 11) is -1.16. The highest BCUT2D eigenvalue weighted by atomic mass is 79.9. The summed E-state index contributed by atoms with van der Waals surface area (Å²) in [6, 6.07) is 5.69. The Bertz CT molecular complexity index is 583. The maximum Gasteiger partial charge on any atom is 0.101 e. The first-order valence-corrected chi connectivity index (χ1v) is 9.85. The van der Waals surface area contributed by atoms with E-state index in [1.807, 2.05) is 49.4 Å². The van der Waals surface area contributed by atoms with E-state index in [4.69, 9.17) is 11.6 Å². The monoisotopic (exact) mass is 417 g/mol. The highest BCUT2D eigenvalue weighted by Gasteiger charge is 2.32. The minimum absolute atomic E-state index is 0.0286. The zero-order valence-electron chi connectivity index (χ0n) is 14.0. The van der Waals surface area contributed by atoms with E-state index >= 15 is 0 Å². The van der Waals surface area contributed by atoms with Crippen molar-refractivity contribution >= 4 is 38.5 Å². The Morgan fingerprint density at radius 3 is 2.52 bits per heavy atom. The van der Waals surface area contributed by atoms with E-state index in [1.165, 1.54) is 0 Å². The zero-order valence-corrected chi connectivity index (χ0v) is 17.2. The molecule has 0 saturated carbocycles. The summed E-state index contributed by atoms with van der Waals surface area (Å²) in [6.45, 7) is 14.1. The second-order valence-corrected chi connectivity index (χ2v) is 9.78. The van der Waals surface area contributed by atoms with Gasteiger partial charge in [-0.3, -0.25) is 0 Å². The van der Waals surface area contributed by atoms with Gasteiger partial charge in [-0.15, -0.1) is 13.2 Å². The molecule has 0 radical (unpaired) electrons. The van der Waals surface area contributed by atoms with Gasteiger partial charge in [-0.1, -0.05) is 39.7 Å². The van der Waals surface area contributed by atoms with E-state index in [2.05, 4.69) is 29.1 Å². The molecule has 0 aliphatic rings. The fraction of sp³-hybridized carbons (Fsp3) is 0.444. The van der Waals surface area contributed by atoms with E-state index in [0.717, 1.165) is 22.9 Å². The van der Waals surface area contributed by atoms with Crippen molar-refractivity contribution in [3.63, 3.8) is 0 Å². The van der Waals surface area contributed by atoms with Gasteiger partial charge >= 0.3 is 0 Å². The summed E-state index contributed by atoms with van der Waals surface area (Å²) < 4.78 is 15.7. The Labute approximate surface area is 156 Å². The lowest BCUT2D eigenvalue weighted by Crippen LogP contribution is -2.40. The molecule has 0 heterocycles. The second kappa shape index (κ2) is 9.16. The molecule has 2 atom stereocenters. The van der Waals surface area contributed by atoms with Crippen molar-refractivity contribution in [1.29, 1.82) is 0 Å². The maximum absolute atomic E-state index is 13.0. The normalized spacial score (nSPS) is 14.5. The van der Waals surface area contributed by atoms with Crippen molar-refractivity contribution in [1.82, 2.24) is 4.31 Å². The van der Waals surface area contributed by atoms with E-state index in [9.17, 15) is 4.21 Å². The number of rotatable bonds is 8. The molecule has 0 saturated heterocycles. The molecule has 0 aliphatic heterocycles. The molecule has 0 bridgehead atoms. The summed E-state index contributed by atoms with van der Waals surface area (Å²) in [6.07, 6.45) is 5.33. The Balaban J connectivity index is 3.35. The van der Waals surface area contributed by atoms with Crippen molar-refractivity contribution in [2.45, 2.75) is 44.4 Å². The average molecular weight is 419 g/mol. The molecule has 0 N–H and O–H groups in total. The molecule has 1 rings (SSSR count). The number of allylic oxidation sites excluding steroid dienone is 1. The van der Waals surface area contributed by atoms with Gasteiger partial charge in [0.1, 0.15) is 11.0 Å². The molecule has 1 aromatic carbocycles. The predicted octanol–water partition coefficient (Wildman–Crippen LogP) is 6.06. The lowest BCUT2D eigenvalue weighted by Gasteiger charge is -2.35. The summed E-state index contributed by atoms with van der Waals surface area (Å²) in [5.74, 6) is 0. The van der Waals surface area contributed by atoms with Gasteiger partial charge < -0.3 is 0 Å². The standard InChI is InChI=1S/C18H25BrClNOS/c1-6-8-9-17(15-13-14(20)10-11-16(15)19)21(12-7-2)23(22)18(3,4)5/h6-7,10-11,13,17H,1-2,8-9,12H2,3-5H3. The van der Waals surface area contributed by atoms with Crippen LogP contribution in [0.15, 0.2) is 48.0 Å². The van der Waals surface area contributed by atoms with Gasteiger partial charge in [-0.05, 0) is 57.4 Å². The van der Waals surface area contributed by atoms with E-state index in [1.54, 1.807) is 6.08 Å². The van der Waals surface area contributed by atoms with Crippen LogP contribution in [0.2, 0.25) is 5.02 Å². The van der Waals surface area contributed by atoms with E-state index in [-0.39, 0.29) is 10.8 Å². The minimum Gasteiger partial charge on any atom is -0.242 e. The van der Waals surface area contributed by atoms with E-state index < -0.39 is 11.0 Å². The summed E-state index contributed by atoms with van der Waals surface area (Å²) in [4.78, 5) is 0. The molecule has 23 heavy (non-hydrogen) atoms. The molecular formula is C18H25BrClNOS. The number of halogens is 2. The van der Waals surface area contributed by atoms with Crippen molar-refractivity contribution in [2.24, 2.45) is 0 Å². The average Bonchev–Trinajstić information content (AvgIpc) is 2.48. The first-order valence-electron chi connectivity index (χ1n) is 7.57. The van der Waals surface area contributed by atoms with Gasteiger partial charge in [0.15, 0.2) is 0 Å². The topological polar surface area (TPSA) is 20.3 Å². The Hall–Kier alpha value is -0.420. The van der Waals surface area contributed by atoms with Crippen LogP contribution in [-0.2, 0) is 11.0 Å². The van der Waals surface area contributed by atoms with Gasteiger partial charge in [0, 0.05) is 22.1 Å². The fourth-order valence-electron chi connectivity index (χ4n) is 2.29. The third-order valence-corrected chi connectivity index (χ3v) is 6.19. The highest BCUT2D eigenvalue weighted by molar-refractivity contribution is 9.10. The molecule has 0 aliphatic carbocycles. The van der Waals surface area contributed by atoms with Crippen LogP contribution in [0, 0.1) is 0 Å². The van der Waals surface area contributed by atoms with Crippen LogP contribution in [0.3, 0.4) is 0 Å². The minimum atomic E-state index is -1.16. The van der Waals surface area contributed by atoms with Crippen molar-refractivity contribution in [3.05, 3.63) is 58.6 Å². The fourth-order valence-corrected chi connectivity index (χ4v) is 4.38. The van der Waals surface area contributed by atoms with Crippen LogP contribution in [0.1, 0.15) is 45.2 Å². The molecule has 2 nitrogen and oxygen atoms in total. The van der Waals surface area contributed by atoms with Crippen LogP contribution in [0.25, 0.3) is 0 Å².